The number of rotatable bonds is 3. The summed E-state index contributed by atoms with van der Waals surface area (Å²) in [5.41, 5.74) is 20.8. The predicted molar refractivity (Wildman–Crippen MR) is 275 cm³/mol. The zero-order valence-corrected chi connectivity index (χ0v) is 35.7. The molecule has 15 rings (SSSR count). The lowest BCUT2D eigenvalue weighted by molar-refractivity contribution is 0.668. The molecular weight excluding hydrogens is 810 g/mol. The van der Waals surface area contributed by atoms with Crippen molar-refractivity contribution in [2.24, 2.45) is 0 Å². The van der Waals surface area contributed by atoms with Gasteiger partial charge in [0.25, 0.3) is 0 Å². The number of para-hydroxylation sites is 2. The molecule has 300 valence electrons. The van der Waals surface area contributed by atoms with Crippen molar-refractivity contribution < 1.29 is 8.83 Å². The van der Waals surface area contributed by atoms with E-state index in [1.54, 1.807) is 0 Å². The van der Waals surface area contributed by atoms with Crippen LogP contribution in [-0.2, 0) is 0 Å². The van der Waals surface area contributed by atoms with E-state index >= 15 is 0 Å². The number of benzene rings is 10. The fourth-order valence-corrected chi connectivity index (χ4v) is 12.1. The number of thiophene rings is 1. The standard InChI is InChI=1S/C60H34BNO2S/c1-5-13-51-41(9-1)46-30-36(39-21-27-58-49(33-39)43-11-3-7-15-56(43)64-58)18-24-53(46)62-54-25-19-37(40-22-28-60-50(34-40)44-12-4-8-16-59(44)65-60)31-47(54)45-29-35(17-23-52(45)61(51)62)38-20-26-57-48(32-38)42-10-2-6-14-55(42)63-57/h1-34H. The lowest BCUT2D eigenvalue weighted by atomic mass is 9.43. The third-order valence-electron chi connectivity index (χ3n) is 14.1. The minimum atomic E-state index is -0.0191. The average Bonchev–Trinajstić information content (AvgIpc) is 4.06. The maximum Gasteiger partial charge on any atom is 0.329 e. The van der Waals surface area contributed by atoms with Crippen LogP contribution >= 0.6 is 11.3 Å². The zero-order valence-electron chi connectivity index (χ0n) is 34.9. The third kappa shape index (κ3) is 5.13. The molecule has 0 saturated carbocycles. The van der Waals surface area contributed by atoms with E-state index in [-0.39, 0.29) is 6.85 Å². The lowest BCUT2D eigenvalue weighted by Crippen LogP contribution is -2.59. The summed E-state index contributed by atoms with van der Waals surface area (Å²) in [6.45, 7) is -0.0191. The molecule has 0 amide bonds. The quantitative estimate of drug-likeness (QED) is 0.166. The van der Waals surface area contributed by atoms with Crippen LogP contribution in [0.5, 0.6) is 0 Å². The molecule has 0 unspecified atom stereocenters. The highest BCUT2D eigenvalue weighted by atomic mass is 32.1. The van der Waals surface area contributed by atoms with Crippen LogP contribution in [-0.4, -0.2) is 6.85 Å². The van der Waals surface area contributed by atoms with Crippen LogP contribution in [0, 0.1) is 0 Å². The van der Waals surface area contributed by atoms with Crippen molar-refractivity contribution in [1.82, 2.24) is 0 Å². The van der Waals surface area contributed by atoms with Crippen LogP contribution < -0.4 is 15.7 Å². The molecule has 3 nitrogen and oxygen atoms in total. The van der Waals surface area contributed by atoms with Gasteiger partial charge in [-0.25, -0.2) is 0 Å². The predicted octanol–water partition coefficient (Wildman–Crippen LogP) is 15.8. The molecule has 0 bridgehead atoms. The average molecular weight is 844 g/mol. The Hall–Kier alpha value is -8.12. The van der Waals surface area contributed by atoms with Gasteiger partial charge in [-0.2, -0.15) is 0 Å². The first-order chi connectivity index (χ1) is 32.2. The van der Waals surface area contributed by atoms with Crippen LogP contribution in [0.25, 0.3) is 120 Å². The summed E-state index contributed by atoms with van der Waals surface area (Å²) < 4.78 is 15.1. The number of fused-ring (bicyclic) bond motifs is 20. The second kappa shape index (κ2) is 13.2. The zero-order chi connectivity index (χ0) is 42.3. The summed E-state index contributed by atoms with van der Waals surface area (Å²) in [6, 6.07) is 76.0. The Labute approximate surface area is 378 Å². The molecular formula is C60H34BNO2S. The Bertz CT molecular complexity index is 4170. The molecule has 13 aromatic rings. The highest BCUT2D eigenvalue weighted by Crippen LogP contribution is 2.49. The van der Waals surface area contributed by atoms with E-state index in [0.29, 0.717) is 0 Å². The molecule has 10 aromatic carbocycles. The van der Waals surface area contributed by atoms with Crippen molar-refractivity contribution in [3.8, 4) is 55.6 Å². The van der Waals surface area contributed by atoms with Gasteiger partial charge in [-0.15, -0.1) is 11.3 Å². The summed E-state index contributed by atoms with van der Waals surface area (Å²) in [7, 11) is 0. The monoisotopic (exact) mass is 843 g/mol. The van der Waals surface area contributed by atoms with Gasteiger partial charge in [-0.05, 0) is 140 Å². The first-order valence-corrected chi connectivity index (χ1v) is 23.1. The molecule has 2 aliphatic heterocycles. The molecule has 65 heavy (non-hydrogen) atoms. The fraction of sp³-hybridized carbons (Fsp3) is 0. The molecule has 0 spiro atoms. The molecule has 5 heteroatoms. The first-order valence-electron chi connectivity index (χ1n) is 22.2. The Morgan fingerprint density at radius 3 is 1.43 bits per heavy atom. The van der Waals surface area contributed by atoms with Gasteiger partial charge >= 0.3 is 6.85 Å². The van der Waals surface area contributed by atoms with Gasteiger partial charge in [0.1, 0.15) is 22.3 Å². The Morgan fingerprint density at radius 1 is 0.308 bits per heavy atom. The van der Waals surface area contributed by atoms with Crippen molar-refractivity contribution in [2.45, 2.75) is 0 Å². The Kier molecular flexibility index (Phi) is 7.19. The summed E-state index contributed by atoms with van der Waals surface area (Å²) in [5.74, 6) is 0. The number of hydrogen-bond donors (Lipinski definition) is 0. The van der Waals surface area contributed by atoms with Crippen molar-refractivity contribution in [3.05, 3.63) is 206 Å². The summed E-state index contributed by atoms with van der Waals surface area (Å²) >= 11 is 1.86. The van der Waals surface area contributed by atoms with Crippen LogP contribution in [0.15, 0.2) is 215 Å². The minimum absolute atomic E-state index is 0.0191. The highest BCUT2D eigenvalue weighted by Gasteiger charge is 2.42. The molecule has 3 aromatic heterocycles. The van der Waals surface area contributed by atoms with Crippen LogP contribution in [0.1, 0.15) is 0 Å². The van der Waals surface area contributed by atoms with E-state index in [4.69, 9.17) is 8.83 Å². The summed E-state index contributed by atoms with van der Waals surface area (Å²) in [5, 5.41) is 7.17. The second-order valence-electron chi connectivity index (χ2n) is 17.6. The number of anilines is 2. The van der Waals surface area contributed by atoms with E-state index in [1.165, 1.54) is 98.1 Å². The molecule has 0 atom stereocenters. The number of nitrogens with zero attached hydrogens (tertiary/aromatic N) is 1. The van der Waals surface area contributed by atoms with Crippen molar-refractivity contribution >= 4 is 105 Å². The molecule has 0 aliphatic carbocycles. The first kappa shape index (κ1) is 35.4. The Balaban J connectivity index is 0.934. The van der Waals surface area contributed by atoms with Gasteiger partial charge in [-0.3, -0.25) is 0 Å². The van der Waals surface area contributed by atoms with E-state index in [2.05, 4.69) is 193 Å². The van der Waals surface area contributed by atoms with Gasteiger partial charge in [0.15, 0.2) is 0 Å². The van der Waals surface area contributed by atoms with Gasteiger partial charge in [0, 0.05) is 64.2 Å². The third-order valence-corrected chi connectivity index (χ3v) is 15.2. The molecule has 5 heterocycles. The summed E-state index contributed by atoms with van der Waals surface area (Å²) in [4.78, 5) is 2.61. The van der Waals surface area contributed by atoms with E-state index < -0.39 is 0 Å². The van der Waals surface area contributed by atoms with Crippen LogP contribution in [0.4, 0.5) is 11.4 Å². The smallest absolute Gasteiger partial charge is 0.329 e. The molecule has 0 radical (unpaired) electrons. The maximum absolute atomic E-state index is 6.25. The van der Waals surface area contributed by atoms with Crippen LogP contribution in [0.3, 0.4) is 0 Å². The fourth-order valence-electron chi connectivity index (χ4n) is 11.0. The van der Waals surface area contributed by atoms with Crippen molar-refractivity contribution in [3.63, 3.8) is 0 Å². The molecule has 0 fully saturated rings. The van der Waals surface area contributed by atoms with Gasteiger partial charge in [0.05, 0.1) is 0 Å². The van der Waals surface area contributed by atoms with E-state index in [1.807, 2.05) is 29.5 Å². The molecule has 0 saturated heterocycles. The van der Waals surface area contributed by atoms with Crippen molar-refractivity contribution in [1.29, 1.82) is 0 Å². The van der Waals surface area contributed by atoms with Crippen LogP contribution in [0.2, 0.25) is 0 Å². The SMILES string of the molecule is c1ccc2c(c1)B1c3ccc(-c4ccc5oc6ccccc6c5c4)cc3-c3cc(-c4ccc5sc6ccccc6c5c4)ccc3N1c1ccc(-c3ccc4oc5ccccc5c4c3)cc1-2. The largest absolute Gasteiger partial charge is 0.456 e. The van der Waals surface area contributed by atoms with E-state index in [9.17, 15) is 0 Å². The minimum Gasteiger partial charge on any atom is -0.456 e. The maximum atomic E-state index is 6.25. The number of furan rings is 2. The second-order valence-corrected chi connectivity index (χ2v) is 18.6. The number of hydrogen-bond acceptors (Lipinski definition) is 4. The Morgan fingerprint density at radius 2 is 0.754 bits per heavy atom. The highest BCUT2D eigenvalue weighted by molar-refractivity contribution is 7.25. The van der Waals surface area contributed by atoms with Gasteiger partial charge in [0.2, 0.25) is 0 Å². The van der Waals surface area contributed by atoms with Gasteiger partial charge < -0.3 is 13.6 Å². The molecule has 2 aliphatic rings. The normalized spacial score (nSPS) is 12.9. The summed E-state index contributed by atoms with van der Waals surface area (Å²) in [6.07, 6.45) is 0. The lowest BCUT2D eigenvalue weighted by Gasteiger charge is -2.43. The topological polar surface area (TPSA) is 29.5 Å². The van der Waals surface area contributed by atoms with Crippen molar-refractivity contribution in [2.75, 3.05) is 4.81 Å². The van der Waals surface area contributed by atoms with E-state index in [0.717, 1.165) is 43.9 Å². The molecule has 0 N–H and O–H groups in total. The van der Waals surface area contributed by atoms with Gasteiger partial charge in [-0.1, -0.05) is 121 Å².